The minimum atomic E-state index is 0.812. The Hall–Kier alpha value is -0.520. The van der Waals surface area contributed by atoms with Crippen molar-refractivity contribution in [1.29, 1.82) is 0 Å². The molecule has 0 aromatic rings. The third kappa shape index (κ3) is 3.73. The van der Waals surface area contributed by atoms with Gasteiger partial charge >= 0.3 is 0 Å². The van der Waals surface area contributed by atoms with Crippen molar-refractivity contribution in [2.45, 2.75) is 84.5 Å². The Morgan fingerprint density at radius 2 is 1.61 bits per heavy atom. The lowest BCUT2D eigenvalue weighted by Crippen LogP contribution is -2.07. The van der Waals surface area contributed by atoms with Crippen LogP contribution in [0.1, 0.15) is 84.5 Å². The van der Waals surface area contributed by atoms with Gasteiger partial charge in [0, 0.05) is 0 Å². The zero-order valence-corrected chi connectivity index (χ0v) is 12.4. The van der Waals surface area contributed by atoms with E-state index in [0.717, 1.165) is 5.92 Å². The molecule has 0 heteroatoms. The van der Waals surface area contributed by atoms with E-state index in [-0.39, 0.29) is 0 Å². The fourth-order valence-corrected chi connectivity index (χ4v) is 3.52. The van der Waals surface area contributed by atoms with Gasteiger partial charge in [0.05, 0.1) is 0 Å². The van der Waals surface area contributed by atoms with E-state index in [1.807, 2.05) is 0 Å². The van der Waals surface area contributed by atoms with Crippen molar-refractivity contribution in [3.63, 3.8) is 0 Å². The van der Waals surface area contributed by atoms with Gasteiger partial charge in [0.2, 0.25) is 0 Å². The van der Waals surface area contributed by atoms with Crippen molar-refractivity contribution in [3.8, 4) is 0 Å². The molecule has 0 aliphatic heterocycles. The molecule has 0 N–H and O–H groups in total. The highest BCUT2D eigenvalue weighted by Gasteiger charge is 2.16. The number of rotatable bonds is 1. The maximum Gasteiger partial charge on any atom is -0.0229 e. The van der Waals surface area contributed by atoms with Crippen LogP contribution >= 0.6 is 0 Å². The zero-order valence-electron chi connectivity index (χ0n) is 12.4. The van der Waals surface area contributed by atoms with Crippen molar-refractivity contribution in [3.05, 3.63) is 22.8 Å². The second-order valence-corrected chi connectivity index (χ2v) is 6.34. The van der Waals surface area contributed by atoms with Gasteiger partial charge in [-0.2, -0.15) is 0 Å². The first-order valence-electron chi connectivity index (χ1n) is 8.18. The summed E-state index contributed by atoms with van der Waals surface area (Å²) in [5.41, 5.74) is 5.19. The molecule has 0 saturated heterocycles. The maximum atomic E-state index is 2.58. The van der Waals surface area contributed by atoms with Crippen LogP contribution in [0.25, 0.3) is 0 Å². The Morgan fingerprint density at radius 3 is 2.50 bits per heavy atom. The van der Waals surface area contributed by atoms with E-state index in [2.05, 4.69) is 19.9 Å². The van der Waals surface area contributed by atoms with Gasteiger partial charge in [-0.3, -0.25) is 0 Å². The monoisotopic (exact) mass is 246 g/mol. The van der Waals surface area contributed by atoms with E-state index in [0.29, 0.717) is 0 Å². The lowest BCUT2D eigenvalue weighted by atomic mass is 9.82. The van der Waals surface area contributed by atoms with Gasteiger partial charge in [0.15, 0.2) is 0 Å². The SMILES string of the molecule is C/C1=C(\C2=CCCCCCC2)CCCCCC1C. The summed E-state index contributed by atoms with van der Waals surface area (Å²) >= 11 is 0. The molecule has 0 bridgehead atoms. The van der Waals surface area contributed by atoms with Crippen LogP contribution in [0.15, 0.2) is 22.8 Å². The predicted octanol–water partition coefficient (Wildman–Crippen LogP) is 6.18. The molecule has 0 nitrogen and oxygen atoms in total. The molecule has 0 amide bonds. The number of hydrogen-bond acceptors (Lipinski definition) is 0. The molecule has 18 heavy (non-hydrogen) atoms. The molecule has 0 spiro atoms. The van der Waals surface area contributed by atoms with Crippen LogP contribution in [0.2, 0.25) is 0 Å². The van der Waals surface area contributed by atoms with E-state index in [1.165, 1.54) is 70.6 Å². The Bertz CT molecular complexity index is 319. The standard InChI is InChI=1S/C18H30/c1-15-11-7-6-10-14-18(16(15)2)17-12-8-4-3-5-9-13-17/h12,15H,3-11,13-14H2,1-2H3/b17-12?,18-16+. The molecule has 0 aromatic carbocycles. The highest BCUT2D eigenvalue weighted by molar-refractivity contribution is 5.36. The highest BCUT2D eigenvalue weighted by atomic mass is 14.2. The lowest BCUT2D eigenvalue weighted by molar-refractivity contribution is 0.518. The van der Waals surface area contributed by atoms with Crippen LogP contribution < -0.4 is 0 Å². The maximum absolute atomic E-state index is 2.58. The average Bonchev–Trinajstić information content (AvgIpc) is 2.32. The van der Waals surface area contributed by atoms with Gasteiger partial charge in [0.1, 0.15) is 0 Å². The molecule has 2 aliphatic rings. The fraction of sp³-hybridized carbons (Fsp3) is 0.778. The summed E-state index contributed by atoms with van der Waals surface area (Å²) in [7, 11) is 0. The second-order valence-electron chi connectivity index (χ2n) is 6.34. The molecule has 2 rings (SSSR count). The quantitative estimate of drug-likeness (QED) is 0.518. The minimum Gasteiger partial charge on any atom is -0.0810 e. The van der Waals surface area contributed by atoms with E-state index in [1.54, 1.807) is 16.7 Å². The normalized spacial score (nSPS) is 31.9. The van der Waals surface area contributed by atoms with Crippen LogP contribution in [-0.4, -0.2) is 0 Å². The molecule has 2 aliphatic carbocycles. The second kappa shape index (κ2) is 7.16. The van der Waals surface area contributed by atoms with Crippen LogP contribution in [0.3, 0.4) is 0 Å². The third-order valence-corrected chi connectivity index (χ3v) is 4.96. The van der Waals surface area contributed by atoms with Crippen LogP contribution in [0, 0.1) is 5.92 Å². The number of allylic oxidation sites excluding steroid dienone is 4. The lowest BCUT2D eigenvalue weighted by Gasteiger charge is -2.24. The Kier molecular flexibility index (Phi) is 5.53. The van der Waals surface area contributed by atoms with Crippen molar-refractivity contribution in [2.24, 2.45) is 5.92 Å². The fourth-order valence-electron chi connectivity index (χ4n) is 3.52. The van der Waals surface area contributed by atoms with Gasteiger partial charge in [-0.25, -0.2) is 0 Å². The van der Waals surface area contributed by atoms with Gasteiger partial charge < -0.3 is 0 Å². The summed E-state index contributed by atoms with van der Waals surface area (Å²) in [6.07, 6.45) is 18.0. The van der Waals surface area contributed by atoms with Gasteiger partial charge in [-0.15, -0.1) is 0 Å². The van der Waals surface area contributed by atoms with Crippen LogP contribution in [0.5, 0.6) is 0 Å². The largest absolute Gasteiger partial charge is 0.0810 e. The first kappa shape index (κ1) is 13.9. The Balaban J connectivity index is 2.20. The molecule has 102 valence electrons. The van der Waals surface area contributed by atoms with Crippen LogP contribution in [0.4, 0.5) is 0 Å². The highest BCUT2D eigenvalue weighted by Crippen LogP contribution is 2.34. The predicted molar refractivity (Wildman–Crippen MR) is 80.7 cm³/mol. The van der Waals surface area contributed by atoms with E-state index < -0.39 is 0 Å². The molecule has 0 aromatic heterocycles. The molecule has 1 unspecified atom stereocenters. The van der Waals surface area contributed by atoms with Crippen molar-refractivity contribution in [1.82, 2.24) is 0 Å². The van der Waals surface area contributed by atoms with Crippen molar-refractivity contribution >= 4 is 0 Å². The molecule has 0 heterocycles. The first-order chi connectivity index (χ1) is 8.79. The molecule has 0 saturated carbocycles. The third-order valence-electron chi connectivity index (χ3n) is 4.96. The molecular formula is C18H30. The summed E-state index contributed by atoms with van der Waals surface area (Å²) in [5, 5.41) is 0. The van der Waals surface area contributed by atoms with Crippen molar-refractivity contribution < 1.29 is 0 Å². The van der Waals surface area contributed by atoms with E-state index in [4.69, 9.17) is 0 Å². The zero-order chi connectivity index (χ0) is 12.8. The molecular weight excluding hydrogens is 216 g/mol. The Morgan fingerprint density at radius 1 is 0.889 bits per heavy atom. The van der Waals surface area contributed by atoms with Gasteiger partial charge in [-0.1, -0.05) is 44.3 Å². The average molecular weight is 246 g/mol. The summed E-state index contributed by atoms with van der Waals surface area (Å²) in [4.78, 5) is 0. The molecule has 1 atom stereocenters. The van der Waals surface area contributed by atoms with E-state index >= 15 is 0 Å². The summed E-state index contributed by atoms with van der Waals surface area (Å²) in [5.74, 6) is 0.812. The Labute approximate surface area is 114 Å². The molecule has 0 fully saturated rings. The summed E-state index contributed by atoms with van der Waals surface area (Å²) < 4.78 is 0. The van der Waals surface area contributed by atoms with E-state index in [9.17, 15) is 0 Å². The van der Waals surface area contributed by atoms with Gasteiger partial charge in [-0.05, 0) is 68.9 Å². The smallest absolute Gasteiger partial charge is 0.0229 e. The summed E-state index contributed by atoms with van der Waals surface area (Å²) in [6.45, 7) is 4.84. The van der Waals surface area contributed by atoms with Crippen molar-refractivity contribution in [2.75, 3.05) is 0 Å². The van der Waals surface area contributed by atoms with Gasteiger partial charge in [0.25, 0.3) is 0 Å². The minimum absolute atomic E-state index is 0.812. The molecule has 0 radical (unpaired) electrons. The summed E-state index contributed by atoms with van der Waals surface area (Å²) in [6, 6.07) is 0. The number of hydrogen-bond donors (Lipinski definition) is 0. The first-order valence-corrected chi connectivity index (χ1v) is 8.18. The van der Waals surface area contributed by atoms with Crippen LogP contribution in [-0.2, 0) is 0 Å². The topological polar surface area (TPSA) is 0 Å².